The molecule has 2 rings (SSSR count). The van der Waals surface area contributed by atoms with Crippen LogP contribution >= 0.6 is 0 Å². The van der Waals surface area contributed by atoms with Gasteiger partial charge in [-0.2, -0.15) is 0 Å². The Kier molecular flexibility index (Phi) is 7.33. The fourth-order valence-electron chi connectivity index (χ4n) is 2.45. The van der Waals surface area contributed by atoms with Crippen molar-refractivity contribution in [2.45, 2.75) is 20.3 Å². The molecule has 0 bridgehead atoms. The van der Waals surface area contributed by atoms with Crippen molar-refractivity contribution >= 4 is 5.91 Å². The Balaban J connectivity index is 1.90. The van der Waals surface area contributed by atoms with E-state index in [4.69, 9.17) is 14.2 Å². The van der Waals surface area contributed by atoms with Crippen LogP contribution < -0.4 is 19.5 Å². The normalized spacial score (nSPS) is 10.5. The van der Waals surface area contributed by atoms with Crippen molar-refractivity contribution in [3.8, 4) is 17.2 Å². The van der Waals surface area contributed by atoms with Gasteiger partial charge in [-0.25, -0.2) is 0 Å². The van der Waals surface area contributed by atoms with Gasteiger partial charge in [0.1, 0.15) is 5.75 Å². The maximum atomic E-state index is 12.3. The third kappa shape index (κ3) is 5.69. The summed E-state index contributed by atoms with van der Waals surface area (Å²) in [6.45, 7) is 5.34. The summed E-state index contributed by atoms with van der Waals surface area (Å²) in [4.78, 5) is 12.3. The molecule has 0 aliphatic heterocycles. The molecular formula is C21H27NO4. The SMILES string of the molecule is COc1ccc(CCNC(=O)c2cccc(OCC(C)C)c2)cc1OC. The van der Waals surface area contributed by atoms with E-state index in [-0.39, 0.29) is 5.91 Å². The van der Waals surface area contributed by atoms with Crippen LogP contribution in [0.4, 0.5) is 0 Å². The first-order chi connectivity index (χ1) is 12.5. The molecule has 5 nitrogen and oxygen atoms in total. The quantitative estimate of drug-likeness (QED) is 0.743. The largest absolute Gasteiger partial charge is 0.493 e. The van der Waals surface area contributed by atoms with Crippen LogP contribution in [-0.2, 0) is 6.42 Å². The molecule has 26 heavy (non-hydrogen) atoms. The summed E-state index contributed by atoms with van der Waals surface area (Å²) in [5.41, 5.74) is 1.66. The number of nitrogens with one attached hydrogen (secondary N) is 1. The smallest absolute Gasteiger partial charge is 0.251 e. The zero-order valence-corrected chi connectivity index (χ0v) is 15.9. The number of hydrogen-bond donors (Lipinski definition) is 1. The molecule has 0 aliphatic rings. The Hall–Kier alpha value is -2.69. The topological polar surface area (TPSA) is 56.8 Å². The molecule has 0 atom stereocenters. The van der Waals surface area contributed by atoms with Crippen molar-refractivity contribution in [2.75, 3.05) is 27.4 Å². The Morgan fingerprint density at radius 1 is 1.04 bits per heavy atom. The van der Waals surface area contributed by atoms with E-state index in [9.17, 15) is 4.79 Å². The second kappa shape index (κ2) is 9.70. The molecule has 0 heterocycles. The lowest BCUT2D eigenvalue weighted by molar-refractivity contribution is 0.0953. The number of rotatable bonds is 9. The molecule has 0 spiro atoms. The summed E-state index contributed by atoms with van der Waals surface area (Å²) in [6, 6.07) is 13.0. The van der Waals surface area contributed by atoms with E-state index < -0.39 is 0 Å². The van der Waals surface area contributed by atoms with Crippen molar-refractivity contribution in [3.63, 3.8) is 0 Å². The molecule has 1 amide bonds. The Morgan fingerprint density at radius 3 is 2.50 bits per heavy atom. The van der Waals surface area contributed by atoms with Gasteiger partial charge in [0, 0.05) is 12.1 Å². The van der Waals surface area contributed by atoms with Crippen LogP contribution in [0.2, 0.25) is 0 Å². The predicted molar refractivity (Wildman–Crippen MR) is 102 cm³/mol. The highest BCUT2D eigenvalue weighted by Crippen LogP contribution is 2.27. The summed E-state index contributed by atoms with van der Waals surface area (Å²) in [5.74, 6) is 2.42. The minimum atomic E-state index is -0.111. The number of methoxy groups -OCH3 is 2. The van der Waals surface area contributed by atoms with E-state index in [0.29, 0.717) is 48.3 Å². The van der Waals surface area contributed by atoms with Gasteiger partial charge in [0.25, 0.3) is 5.91 Å². The first-order valence-electron chi connectivity index (χ1n) is 8.75. The van der Waals surface area contributed by atoms with Gasteiger partial charge in [-0.05, 0) is 48.2 Å². The molecule has 5 heteroatoms. The summed E-state index contributed by atoms with van der Waals surface area (Å²) in [7, 11) is 3.22. The van der Waals surface area contributed by atoms with Gasteiger partial charge in [-0.1, -0.05) is 26.0 Å². The zero-order chi connectivity index (χ0) is 18.9. The van der Waals surface area contributed by atoms with E-state index >= 15 is 0 Å². The van der Waals surface area contributed by atoms with Crippen molar-refractivity contribution < 1.29 is 19.0 Å². The first-order valence-corrected chi connectivity index (χ1v) is 8.75. The minimum absolute atomic E-state index is 0.111. The van der Waals surface area contributed by atoms with Crippen LogP contribution in [0.1, 0.15) is 29.8 Å². The average molecular weight is 357 g/mol. The molecule has 140 valence electrons. The van der Waals surface area contributed by atoms with Crippen LogP contribution in [0, 0.1) is 5.92 Å². The molecule has 0 fully saturated rings. The summed E-state index contributed by atoms with van der Waals surface area (Å²) < 4.78 is 16.2. The predicted octanol–water partition coefficient (Wildman–Crippen LogP) is 3.71. The molecule has 0 radical (unpaired) electrons. The molecule has 1 N–H and O–H groups in total. The van der Waals surface area contributed by atoms with Crippen LogP contribution in [0.15, 0.2) is 42.5 Å². The van der Waals surface area contributed by atoms with Crippen molar-refractivity contribution in [2.24, 2.45) is 5.92 Å². The molecular weight excluding hydrogens is 330 g/mol. The van der Waals surface area contributed by atoms with E-state index in [2.05, 4.69) is 19.2 Å². The summed E-state index contributed by atoms with van der Waals surface area (Å²) in [5, 5.41) is 2.94. The van der Waals surface area contributed by atoms with Crippen molar-refractivity contribution in [3.05, 3.63) is 53.6 Å². The standard InChI is InChI=1S/C21H27NO4/c1-15(2)14-26-18-7-5-6-17(13-18)21(23)22-11-10-16-8-9-19(24-3)20(12-16)25-4/h5-9,12-13,15H,10-11,14H2,1-4H3,(H,22,23). The summed E-state index contributed by atoms with van der Waals surface area (Å²) >= 11 is 0. The molecule has 2 aromatic carbocycles. The van der Waals surface area contributed by atoms with Gasteiger partial charge >= 0.3 is 0 Å². The first kappa shape index (κ1) is 19.6. The third-order valence-corrected chi connectivity index (χ3v) is 3.83. The molecule has 0 aromatic heterocycles. The van der Waals surface area contributed by atoms with E-state index in [1.165, 1.54) is 0 Å². The fourth-order valence-corrected chi connectivity index (χ4v) is 2.45. The second-order valence-electron chi connectivity index (χ2n) is 6.43. The second-order valence-corrected chi connectivity index (χ2v) is 6.43. The van der Waals surface area contributed by atoms with Gasteiger partial charge in [0.05, 0.1) is 20.8 Å². The Labute approximate surface area is 155 Å². The maximum Gasteiger partial charge on any atom is 0.251 e. The van der Waals surface area contributed by atoms with Crippen molar-refractivity contribution in [1.29, 1.82) is 0 Å². The Bertz CT molecular complexity index is 728. The number of carbonyl (C=O) groups excluding carboxylic acids is 1. The van der Waals surface area contributed by atoms with E-state index in [1.54, 1.807) is 26.4 Å². The van der Waals surface area contributed by atoms with Gasteiger partial charge in [-0.3, -0.25) is 4.79 Å². The molecule has 2 aromatic rings. The van der Waals surface area contributed by atoms with Gasteiger partial charge < -0.3 is 19.5 Å². The summed E-state index contributed by atoms with van der Waals surface area (Å²) in [6.07, 6.45) is 0.704. The highest BCUT2D eigenvalue weighted by atomic mass is 16.5. The highest BCUT2D eigenvalue weighted by Gasteiger charge is 2.08. The zero-order valence-electron chi connectivity index (χ0n) is 15.9. The average Bonchev–Trinajstić information content (AvgIpc) is 2.66. The van der Waals surface area contributed by atoms with E-state index in [0.717, 1.165) is 5.56 Å². The number of amides is 1. The molecule has 0 saturated carbocycles. The molecule has 0 aliphatic carbocycles. The fraction of sp³-hybridized carbons (Fsp3) is 0.381. The number of benzene rings is 2. The lowest BCUT2D eigenvalue weighted by atomic mass is 10.1. The monoisotopic (exact) mass is 357 g/mol. The third-order valence-electron chi connectivity index (χ3n) is 3.83. The van der Waals surface area contributed by atoms with Crippen LogP contribution in [0.25, 0.3) is 0 Å². The minimum Gasteiger partial charge on any atom is -0.493 e. The van der Waals surface area contributed by atoms with Gasteiger partial charge in [-0.15, -0.1) is 0 Å². The van der Waals surface area contributed by atoms with Gasteiger partial charge in [0.2, 0.25) is 0 Å². The molecule has 0 unspecified atom stereocenters. The molecule has 0 saturated heterocycles. The van der Waals surface area contributed by atoms with Crippen LogP contribution in [0.3, 0.4) is 0 Å². The Morgan fingerprint density at radius 2 is 1.81 bits per heavy atom. The van der Waals surface area contributed by atoms with E-state index in [1.807, 2.05) is 30.3 Å². The highest BCUT2D eigenvalue weighted by molar-refractivity contribution is 5.94. The number of hydrogen-bond acceptors (Lipinski definition) is 4. The lowest BCUT2D eigenvalue weighted by Gasteiger charge is -2.11. The van der Waals surface area contributed by atoms with Crippen LogP contribution in [0.5, 0.6) is 17.2 Å². The maximum absolute atomic E-state index is 12.3. The number of carbonyl (C=O) groups is 1. The van der Waals surface area contributed by atoms with Crippen molar-refractivity contribution in [1.82, 2.24) is 5.32 Å². The lowest BCUT2D eigenvalue weighted by Crippen LogP contribution is -2.25. The number of ether oxygens (including phenoxy) is 3. The van der Waals surface area contributed by atoms with Gasteiger partial charge in [0.15, 0.2) is 11.5 Å². The van der Waals surface area contributed by atoms with Crippen LogP contribution in [-0.4, -0.2) is 33.3 Å².